The van der Waals surface area contributed by atoms with Gasteiger partial charge in [0.2, 0.25) is 11.8 Å². The quantitative estimate of drug-likeness (QED) is 0.369. The van der Waals surface area contributed by atoms with E-state index in [-0.39, 0.29) is 5.91 Å². The number of thiophene rings is 1. The Morgan fingerprint density at radius 3 is 2.53 bits per heavy atom. The Balaban J connectivity index is 1.53. The lowest BCUT2D eigenvalue weighted by atomic mass is 10.1. The number of nitrogens with zero attached hydrogens (tertiary/aromatic N) is 3. The molecular weight excluding hydrogens is 394 g/mol. The molecule has 0 aliphatic heterocycles. The maximum atomic E-state index is 13.0. The first-order valence-corrected chi connectivity index (χ1v) is 10.5. The number of carbonyl (C=O) groups is 1. The molecule has 6 heteroatoms. The van der Waals surface area contributed by atoms with Crippen molar-refractivity contribution < 1.29 is 9.21 Å². The Labute approximate surface area is 179 Å². The van der Waals surface area contributed by atoms with Crippen molar-refractivity contribution in [2.75, 3.05) is 6.54 Å². The Morgan fingerprint density at radius 1 is 1.07 bits per heavy atom. The molecule has 2 aromatic heterocycles. The molecule has 0 saturated carbocycles. The molecule has 0 spiro atoms. The first-order chi connectivity index (χ1) is 14.7. The molecule has 0 radical (unpaired) electrons. The molecule has 150 valence electrons. The summed E-state index contributed by atoms with van der Waals surface area (Å²) in [6, 6.07) is 19.1. The number of rotatable bonds is 7. The number of amides is 1. The second kappa shape index (κ2) is 8.88. The molecule has 30 heavy (non-hydrogen) atoms. The summed E-state index contributed by atoms with van der Waals surface area (Å²) in [4.78, 5) is 15.9. The molecule has 4 rings (SSSR count). The number of hydrogen-bond donors (Lipinski definition) is 0. The second-order valence-corrected chi connectivity index (χ2v) is 7.89. The number of carbonyl (C=O) groups excluding carboxylic acids is 1. The summed E-state index contributed by atoms with van der Waals surface area (Å²) >= 11 is 1.64. The van der Waals surface area contributed by atoms with Crippen LogP contribution in [0.4, 0.5) is 0 Å². The molecule has 0 aliphatic rings. The SMILES string of the molecule is C=CCN(Cc1cccs1)C(=O)c1ccc(-c2nnc(-c3ccccc3C)o2)cc1. The van der Waals surface area contributed by atoms with Crippen LogP contribution in [-0.2, 0) is 6.54 Å². The van der Waals surface area contributed by atoms with E-state index >= 15 is 0 Å². The molecule has 1 amide bonds. The molecule has 0 saturated heterocycles. The van der Waals surface area contributed by atoms with Crippen molar-refractivity contribution >= 4 is 17.2 Å². The van der Waals surface area contributed by atoms with Gasteiger partial charge in [-0.2, -0.15) is 0 Å². The number of benzene rings is 2. The van der Waals surface area contributed by atoms with Crippen LogP contribution < -0.4 is 0 Å². The number of hydrogen-bond acceptors (Lipinski definition) is 5. The van der Waals surface area contributed by atoms with Crippen molar-refractivity contribution in [1.29, 1.82) is 0 Å². The van der Waals surface area contributed by atoms with E-state index in [9.17, 15) is 4.79 Å². The lowest BCUT2D eigenvalue weighted by molar-refractivity contribution is 0.0764. The monoisotopic (exact) mass is 415 g/mol. The fraction of sp³-hybridized carbons (Fsp3) is 0.125. The summed E-state index contributed by atoms with van der Waals surface area (Å²) in [7, 11) is 0. The van der Waals surface area contributed by atoms with Gasteiger partial charge in [0.05, 0.1) is 6.54 Å². The van der Waals surface area contributed by atoms with Crippen LogP contribution in [-0.4, -0.2) is 27.5 Å². The van der Waals surface area contributed by atoms with Crippen molar-refractivity contribution in [3.63, 3.8) is 0 Å². The van der Waals surface area contributed by atoms with Gasteiger partial charge in [-0.1, -0.05) is 30.3 Å². The molecule has 5 nitrogen and oxygen atoms in total. The highest BCUT2D eigenvalue weighted by Gasteiger charge is 2.17. The fourth-order valence-electron chi connectivity index (χ4n) is 3.17. The van der Waals surface area contributed by atoms with E-state index in [2.05, 4.69) is 16.8 Å². The fourth-order valence-corrected chi connectivity index (χ4v) is 3.88. The molecule has 0 bridgehead atoms. The van der Waals surface area contributed by atoms with Gasteiger partial charge >= 0.3 is 0 Å². The van der Waals surface area contributed by atoms with Gasteiger partial charge in [0.15, 0.2) is 0 Å². The van der Waals surface area contributed by atoms with Crippen LogP contribution in [0.1, 0.15) is 20.8 Å². The lowest BCUT2D eigenvalue weighted by Crippen LogP contribution is -2.30. The average Bonchev–Trinajstić information content (AvgIpc) is 3.46. The molecule has 0 atom stereocenters. The van der Waals surface area contributed by atoms with Crippen molar-refractivity contribution in [1.82, 2.24) is 15.1 Å². The van der Waals surface area contributed by atoms with Crippen molar-refractivity contribution in [3.8, 4) is 22.9 Å². The van der Waals surface area contributed by atoms with Crippen molar-refractivity contribution in [2.45, 2.75) is 13.5 Å². The van der Waals surface area contributed by atoms with Crippen molar-refractivity contribution in [2.24, 2.45) is 0 Å². The minimum absolute atomic E-state index is 0.0408. The van der Waals surface area contributed by atoms with E-state index in [0.29, 0.717) is 30.4 Å². The van der Waals surface area contributed by atoms with Crippen molar-refractivity contribution in [3.05, 3.63) is 94.7 Å². The van der Waals surface area contributed by atoms with Crippen LogP contribution in [0, 0.1) is 6.92 Å². The van der Waals surface area contributed by atoms with Crippen LogP contribution in [0.25, 0.3) is 22.9 Å². The topological polar surface area (TPSA) is 59.2 Å². The largest absolute Gasteiger partial charge is 0.416 e. The molecule has 0 aliphatic carbocycles. The maximum absolute atomic E-state index is 13.0. The highest BCUT2D eigenvalue weighted by molar-refractivity contribution is 7.09. The van der Waals surface area contributed by atoms with E-state index in [1.165, 1.54) is 0 Å². The zero-order valence-corrected chi connectivity index (χ0v) is 17.4. The van der Waals surface area contributed by atoms with Gasteiger partial charge in [-0.3, -0.25) is 4.79 Å². The summed E-state index contributed by atoms with van der Waals surface area (Å²) in [5.41, 5.74) is 3.36. The van der Waals surface area contributed by atoms with E-state index < -0.39 is 0 Å². The van der Waals surface area contributed by atoms with Gasteiger partial charge in [-0.15, -0.1) is 28.1 Å². The standard InChI is InChI=1S/C24H21N3O2S/c1-3-14-27(16-20-8-6-15-30-20)24(28)19-12-10-18(11-13-19)22-25-26-23(29-22)21-9-5-4-7-17(21)2/h3-13,15H,1,14,16H2,2H3. The molecule has 0 unspecified atom stereocenters. The summed E-state index contributed by atoms with van der Waals surface area (Å²) in [6.07, 6.45) is 1.74. The molecule has 2 aromatic carbocycles. The molecular formula is C24H21N3O2S. The third-order valence-electron chi connectivity index (χ3n) is 4.74. The Bertz CT molecular complexity index is 1150. The zero-order valence-electron chi connectivity index (χ0n) is 16.6. The number of aromatic nitrogens is 2. The van der Waals surface area contributed by atoms with E-state index in [1.54, 1.807) is 34.4 Å². The lowest BCUT2D eigenvalue weighted by Gasteiger charge is -2.20. The smallest absolute Gasteiger partial charge is 0.254 e. The molecule has 0 N–H and O–H groups in total. The zero-order chi connectivity index (χ0) is 20.9. The Kier molecular flexibility index (Phi) is 5.86. The molecule has 0 fully saturated rings. The van der Waals surface area contributed by atoms with Gasteiger partial charge in [-0.25, -0.2) is 0 Å². The van der Waals surface area contributed by atoms with Gasteiger partial charge in [-0.05, 0) is 54.3 Å². The van der Waals surface area contributed by atoms with Crippen LogP contribution in [0.15, 0.2) is 83.1 Å². The summed E-state index contributed by atoms with van der Waals surface area (Å²) in [6.45, 7) is 6.83. The van der Waals surface area contributed by atoms with Crippen LogP contribution >= 0.6 is 11.3 Å². The predicted molar refractivity (Wildman–Crippen MR) is 119 cm³/mol. The summed E-state index contributed by atoms with van der Waals surface area (Å²) in [5, 5.41) is 10.4. The minimum atomic E-state index is -0.0408. The highest BCUT2D eigenvalue weighted by atomic mass is 32.1. The van der Waals surface area contributed by atoms with Gasteiger partial charge in [0.1, 0.15) is 0 Å². The first kappa shape index (κ1) is 19.8. The third-order valence-corrected chi connectivity index (χ3v) is 5.60. The minimum Gasteiger partial charge on any atom is -0.416 e. The predicted octanol–water partition coefficient (Wildman–Crippen LogP) is 5.60. The first-order valence-electron chi connectivity index (χ1n) is 9.58. The van der Waals surface area contributed by atoms with Gasteiger partial charge in [0, 0.05) is 28.1 Å². The average molecular weight is 416 g/mol. The normalized spacial score (nSPS) is 10.7. The summed E-state index contributed by atoms with van der Waals surface area (Å²) < 4.78 is 5.86. The van der Waals surface area contributed by atoms with E-state index in [0.717, 1.165) is 21.6 Å². The van der Waals surface area contributed by atoms with E-state index in [1.807, 2.05) is 60.8 Å². The number of aryl methyl sites for hydroxylation is 1. The van der Waals surface area contributed by atoms with Gasteiger partial charge < -0.3 is 9.32 Å². The van der Waals surface area contributed by atoms with Crippen LogP contribution in [0.5, 0.6) is 0 Å². The highest BCUT2D eigenvalue weighted by Crippen LogP contribution is 2.26. The Hall–Kier alpha value is -3.51. The molecule has 4 aromatic rings. The van der Waals surface area contributed by atoms with E-state index in [4.69, 9.17) is 4.42 Å². The Morgan fingerprint density at radius 2 is 1.83 bits per heavy atom. The second-order valence-electron chi connectivity index (χ2n) is 6.86. The molecule has 2 heterocycles. The van der Waals surface area contributed by atoms with Crippen LogP contribution in [0.2, 0.25) is 0 Å². The maximum Gasteiger partial charge on any atom is 0.254 e. The van der Waals surface area contributed by atoms with Crippen LogP contribution in [0.3, 0.4) is 0 Å². The summed E-state index contributed by atoms with van der Waals surface area (Å²) in [5.74, 6) is 0.867. The van der Waals surface area contributed by atoms with Gasteiger partial charge in [0.25, 0.3) is 5.91 Å². The third kappa shape index (κ3) is 4.23.